The molecule has 1 aromatic rings. The van der Waals surface area contributed by atoms with E-state index in [2.05, 4.69) is 20.3 Å². The molecule has 0 saturated carbocycles. The number of ether oxygens (including phenoxy) is 1. The average molecular weight is 296 g/mol. The third kappa shape index (κ3) is 5.21. The number of rotatable bonds is 4. The summed E-state index contributed by atoms with van der Waals surface area (Å²) >= 11 is 0. The van der Waals surface area contributed by atoms with Crippen LogP contribution in [-0.2, 0) is 20.6 Å². The smallest absolute Gasteiger partial charge is 0.336 e. The molecule has 18 heavy (non-hydrogen) atoms. The van der Waals surface area contributed by atoms with Crippen LogP contribution in [0.15, 0.2) is 0 Å². The van der Waals surface area contributed by atoms with Gasteiger partial charge in [0, 0.05) is 17.8 Å². The molecule has 0 fully saturated rings. The molecular formula is C7H10ClN5O4S. The zero-order valence-electron chi connectivity index (χ0n) is 9.47. The van der Waals surface area contributed by atoms with Gasteiger partial charge in [-0.15, -0.1) is 0 Å². The van der Waals surface area contributed by atoms with Crippen LogP contribution >= 0.6 is 10.7 Å². The number of carbonyl (C=O) groups is 1. The Kier molecular flexibility index (Phi) is 4.76. The molecule has 1 heterocycles. The summed E-state index contributed by atoms with van der Waals surface area (Å²) in [5.74, 6) is 0.544. The maximum Gasteiger partial charge on any atom is 0.336 e. The number of methoxy groups -OCH3 is 1. The Labute approximate surface area is 107 Å². The van der Waals surface area contributed by atoms with E-state index in [-0.39, 0.29) is 12.6 Å². The lowest BCUT2D eigenvalue weighted by atomic mass is 10.6. The standard InChI is InChI=1S/C7H10ClN5O4S/c1-4-9-5(3-17-2)11-6(10-4)12-7(14)13-18(8,15)16/h3H2,1-2H3,(H2,9,10,11,12,13,14). The number of aryl methyl sites for hydroxylation is 1. The van der Waals surface area contributed by atoms with Gasteiger partial charge in [0.15, 0.2) is 5.82 Å². The van der Waals surface area contributed by atoms with E-state index in [1.54, 1.807) is 6.92 Å². The molecule has 0 spiro atoms. The number of anilines is 1. The third-order valence-corrected chi connectivity index (χ3v) is 2.17. The minimum Gasteiger partial charge on any atom is -0.377 e. The van der Waals surface area contributed by atoms with Gasteiger partial charge in [-0.2, -0.15) is 18.4 Å². The lowest BCUT2D eigenvalue weighted by Crippen LogP contribution is -2.32. The van der Waals surface area contributed by atoms with E-state index in [4.69, 9.17) is 15.4 Å². The zero-order chi connectivity index (χ0) is 13.8. The molecule has 0 aromatic carbocycles. The zero-order valence-corrected chi connectivity index (χ0v) is 11.0. The highest BCUT2D eigenvalue weighted by molar-refractivity contribution is 8.12. The van der Waals surface area contributed by atoms with Crippen molar-refractivity contribution in [1.82, 2.24) is 19.7 Å². The summed E-state index contributed by atoms with van der Waals surface area (Å²) in [6.45, 7) is 1.72. The van der Waals surface area contributed by atoms with Crippen molar-refractivity contribution in [3.05, 3.63) is 11.6 Å². The maximum absolute atomic E-state index is 11.2. The van der Waals surface area contributed by atoms with Crippen LogP contribution in [0.4, 0.5) is 10.7 Å². The summed E-state index contributed by atoms with van der Waals surface area (Å²) in [6.07, 6.45) is 0. The topological polar surface area (TPSA) is 123 Å². The summed E-state index contributed by atoms with van der Waals surface area (Å²) in [6, 6.07) is -1.07. The van der Waals surface area contributed by atoms with E-state index in [1.165, 1.54) is 11.8 Å². The van der Waals surface area contributed by atoms with Crippen molar-refractivity contribution in [3.63, 3.8) is 0 Å². The molecule has 100 valence electrons. The number of urea groups is 1. The van der Waals surface area contributed by atoms with Gasteiger partial charge in [0.25, 0.3) is 0 Å². The Bertz CT molecular complexity index is 549. The number of aromatic nitrogens is 3. The minimum absolute atomic E-state index is 0.104. The number of halogens is 1. The largest absolute Gasteiger partial charge is 0.377 e. The van der Waals surface area contributed by atoms with Crippen LogP contribution in [0.2, 0.25) is 0 Å². The van der Waals surface area contributed by atoms with E-state index in [9.17, 15) is 13.2 Å². The van der Waals surface area contributed by atoms with Crippen molar-refractivity contribution in [2.24, 2.45) is 0 Å². The van der Waals surface area contributed by atoms with Gasteiger partial charge in [-0.25, -0.2) is 14.5 Å². The first kappa shape index (κ1) is 14.5. The van der Waals surface area contributed by atoms with Crippen LogP contribution in [0.3, 0.4) is 0 Å². The van der Waals surface area contributed by atoms with Crippen molar-refractivity contribution in [3.8, 4) is 0 Å². The molecule has 0 unspecified atom stereocenters. The first-order valence-electron chi connectivity index (χ1n) is 4.54. The van der Waals surface area contributed by atoms with Crippen LogP contribution in [-0.4, -0.2) is 36.5 Å². The molecule has 0 saturated heterocycles. The number of hydrogen-bond acceptors (Lipinski definition) is 7. The second-order valence-corrected chi connectivity index (χ2v) is 5.35. The quantitative estimate of drug-likeness (QED) is 0.745. The first-order valence-corrected chi connectivity index (χ1v) is 6.85. The van der Waals surface area contributed by atoms with Gasteiger partial charge in [-0.1, -0.05) is 0 Å². The fourth-order valence-corrected chi connectivity index (χ4v) is 1.51. The van der Waals surface area contributed by atoms with Crippen molar-refractivity contribution >= 4 is 31.9 Å². The van der Waals surface area contributed by atoms with Crippen molar-refractivity contribution in [2.75, 3.05) is 12.4 Å². The molecule has 0 bridgehead atoms. The average Bonchev–Trinajstić information content (AvgIpc) is 2.12. The second-order valence-electron chi connectivity index (χ2n) is 3.05. The fourth-order valence-electron chi connectivity index (χ4n) is 1.02. The van der Waals surface area contributed by atoms with E-state index in [0.29, 0.717) is 11.6 Å². The maximum atomic E-state index is 11.2. The summed E-state index contributed by atoms with van der Waals surface area (Å²) in [5.41, 5.74) is 0. The molecule has 9 nitrogen and oxygen atoms in total. The van der Waals surface area contributed by atoms with Crippen molar-refractivity contribution < 1.29 is 17.9 Å². The molecule has 1 aromatic heterocycles. The molecule has 0 aliphatic rings. The first-order chi connectivity index (χ1) is 8.30. The van der Waals surface area contributed by atoms with E-state index >= 15 is 0 Å². The Morgan fingerprint density at radius 2 is 2.06 bits per heavy atom. The normalized spacial score (nSPS) is 11.1. The number of carbonyl (C=O) groups excluding carboxylic acids is 1. The Morgan fingerprint density at radius 3 is 2.61 bits per heavy atom. The van der Waals surface area contributed by atoms with E-state index < -0.39 is 15.3 Å². The highest BCUT2D eigenvalue weighted by Gasteiger charge is 2.12. The minimum atomic E-state index is -4.16. The molecule has 2 amide bonds. The van der Waals surface area contributed by atoms with Crippen LogP contribution in [0, 0.1) is 6.92 Å². The molecular weight excluding hydrogens is 286 g/mol. The Balaban J connectivity index is 2.81. The molecule has 0 atom stereocenters. The predicted octanol–water partition coefficient (Wildman–Crippen LogP) is -0.0685. The van der Waals surface area contributed by atoms with Gasteiger partial charge in [-0.05, 0) is 6.92 Å². The summed E-state index contributed by atoms with van der Waals surface area (Å²) in [4.78, 5) is 22.8. The Morgan fingerprint density at radius 1 is 1.39 bits per heavy atom. The predicted molar refractivity (Wildman–Crippen MR) is 62.2 cm³/mol. The van der Waals surface area contributed by atoms with Gasteiger partial charge in [0.1, 0.15) is 12.4 Å². The van der Waals surface area contributed by atoms with Gasteiger partial charge in [0.05, 0.1) is 0 Å². The number of amides is 2. The fraction of sp³-hybridized carbons (Fsp3) is 0.429. The van der Waals surface area contributed by atoms with E-state index in [1.807, 2.05) is 0 Å². The monoisotopic (exact) mass is 295 g/mol. The van der Waals surface area contributed by atoms with Crippen molar-refractivity contribution in [2.45, 2.75) is 13.5 Å². The lowest BCUT2D eigenvalue weighted by Gasteiger charge is -2.05. The third-order valence-electron chi connectivity index (χ3n) is 1.51. The highest BCUT2D eigenvalue weighted by atomic mass is 35.7. The van der Waals surface area contributed by atoms with Gasteiger partial charge < -0.3 is 4.74 Å². The molecule has 2 N–H and O–H groups in total. The molecule has 11 heteroatoms. The number of nitrogens with zero attached hydrogens (tertiary/aromatic N) is 3. The van der Waals surface area contributed by atoms with Crippen LogP contribution in [0.25, 0.3) is 0 Å². The summed E-state index contributed by atoms with van der Waals surface area (Å²) in [5, 5.41) is 2.11. The molecule has 1 rings (SSSR count). The number of nitrogens with one attached hydrogen (secondary N) is 2. The van der Waals surface area contributed by atoms with Crippen LogP contribution in [0.1, 0.15) is 11.6 Å². The highest BCUT2D eigenvalue weighted by Crippen LogP contribution is 2.02. The Hall–Kier alpha value is -1.52. The van der Waals surface area contributed by atoms with Crippen LogP contribution < -0.4 is 10.0 Å². The number of hydrogen-bond donors (Lipinski definition) is 2. The van der Waals surface area contributed by atoms with Crippen LogP contribution in [0.5, 0.6) is 0 Å². The molecule has 0 aliphatic carbocycles. The lowest BCUT2D eigenvalue weighted by molar-refractivity contribution is 0.177. The van der Waals surface area contributed by atoms with Gasteiger partial charge in [0.2, 0.25) is 5.95 Å². The van der Waals surface area contributed by atoms with E-state index in [0.717, 1.165) is 0 Å². The van der Waals surface area contributed by atoms with Gasteiger partial charge in [-0.3, -0.25) is 5.32 Å². The SMILES string of the molecule is COCc1nc(C)nc(NC(=O)NS(=O)(=O)Cl)n1. The second kappa shape index (κ2) is 5.89. The summed E-state index contributed by atoms with van der Waals surface area (Å²) in [7, 11) is 2.13. The molecule has 0 aliphatic heterocycles. The molecule has 0 radical (unpaired) electrons. The summed E-state index contributed by atoms with van der Waals surface area (Å²) < 4.78 is 27.5. The van der Waals surface area contributed by atoms with Crippen molar-refractivity contribution in [1.29, 1.82) is 0 Å². The van der Waals surface area contributed by atoms with Gasteiger partial charge >= 0.3 is 15.3 Å².